The quantitative estimate of drug-likeness (QED) is 0.599. The molecule has 0 aromatic heterocycles. The summed E-state index contributed by atoms with van der Waals surface area (Å²) >= 11 is 0. The molecule has 0 amide bonds. The maximum Gasteiger partial charge on any atom is 0.242 e. The van der Waals surface area contributed by atoms with Crippen molar-refractivity contribution in [2.24, 2.45) is 11.5 Å². The lowest BCUT2D eigenvalue weighted by atomic mass is 10.0. The summed E-state index contributed by atoms with van der Waals surface area (Å²) in [6, 6.07) is 8.30. The SMILES string of the molecule is C[Si](C)(C)Oc1ccc([C@H](N)CCCCN)cc1.Cl. The van der Waals surface area contributed by atoms with Gasteiger partial charge in [-0.05, 0) is 56.7 Å². The van der Waals surface area contributed by atoms with E-state index in [1.807, 2.05) is 12.1 Å². The first-order valence-electron chi connectivity index (χ1n) is 6.67. The van der Waals surface area contributed by atoms with E-state index >= 15 is 0 Å². The van der Waals surface area contributed by atoms with E-state index < -0.39 is 8.32 Å². The van der Waals surface area contributed by atoms with Crippen LogP contribution >= 0.6 is 12.4 Å². The van der Waals surface area contributed by atoms with Gasteiger partial charge in [-0.1, -0.05) is 18.6 Å². The van der Waals surface area contributed by atoms with Crippen molar-refractivity contribution >= 4 is 20.7 Å². The van der Waals surface area contributed by atoms with Crippen LogP contribution in [0.25, 0.3) is 0 Å². The van der Waals surface area contributed by atoms with Gasteiger partial charge in [-0.3, -0.25) is 0 Å². The number of nitrogens with two attached hydrogens (primary N) is 2. The Morgan fingerprint density at radius 1 is 1.11 bits per heavy atom. The fraction of sp³-hybridized carbons (Fsp3) is 0.571. The Morgan fingerprint density at radius 2 is 1.68 bits per heavy atom. The van der Waals surface area contributed by atoms with Crippen LogP contribution in [-0.4, -0.2) is 14.9 Å². The second kappa shape index (κ2) is 8.58. The van der Waals surface area contributed by atoms with E-state index in [2.05, 4.69) is 31.8 Å². The summed E-state index contributed by atoms with van der Waals surface area (Å²) in [5.41, 5.74) is 12.8. The summed E-state index contributed by atoms with van der Waals surface area (Å²) in [5, 5.41) is 0. The van der Waals surface area contributed by atoms with E-state index in [1.54, 1.807) is 0 Å². The topological polar surface area (TPSA) is 61.3 Å². The van der Waals surface area contributed by atoms with Crippen LogP contribution in [0.15, 0.2) is 24.3 Å². The lowest BCUT2D eigenvalue weighted by Gasteiger charge is -2.20. The number of halogens is 1. The fourth-order valence-electron chi connectivity index (χ4n) is 1.81. The third-order valence-corrected chi connectivity index (χ3v) is 3.55. The molecule has 0 fully saturated rings. The van der Waals surface area contributed by atoms with Crippen LogP contribution in [0, 0.1) is 0 Å². The van der Waals surface area contributed by atoms with Gasteiger partial charge >= 0.3 is 0 Å². The molecule has 0 aliphatic heterocycles. The lowest BCUT2D eigenvalue weighted by molar-refractivity contribution is 0.555. The van der Waals surface area contributed by atoms with Gasteiger partial charge in [0, 0.05) is 6.04 Å². The highest BCUT2D eigenvalue weighted by Crippen LogP contribution is 2.21. The molecular weight excluding hydrogens is 276 g/mol. The largest absolute Gasteiger partial charge is 0.544 e. The standard InChI is InChI=1S/C14H26N2OSi.ClH/c1-18(2,3)17-13-9-7-12(8-10-13)14(16)6-4-5-11-15;/h7-10,14H,4-6,11,15-16H2,1-3H3;1H/t14-;/m1./s1. The number of benzene rings is 1. The van der Waals surface area contributed by atoms with Gasteiger partial charge in [0.15, 0.2) is 0 Å². The normalized spacial score (nSPS) is 12.7. The second-order valence-corrected chi connectivity index (χ2v) is 10.1. The lowest BCUT2D eigenvalue weighted by Crippen LogP contribution is -2.29. The predicted octanol–water partition coefficient (Wildman–Crippen LogP) is 3.45. The van der Waals surface area contributed by atoms with Crippen molar-refractivity contribution < 1.29 is 4.43 Å². The van der Waals surface area contributed by atoms with Gasteiger partial charge in [-0.15, -0.1) is 12.4 Å². The molecule has 19 heavy (non-hydrogen) atoms. The third-order valence-electron chi connectivity index (χ3n) is 2.70. The zero-order chi connectivity index (χ0) is 13.6. The summed E-state index contributed by atoms with van der Waals surface area (Å²) in [5.74, 6) is 0.951. The average molecular weight is 303 g/mol. The van der Waals surface area contributed by atoms with E-state index in [9.17, 15) is 0 Å². The number of hydrogen-bond donors (Lipinski definition) is 2. The summed E-state index contributed by atoms with van der Waals surface area (Å²) in [6.45, 7) is 7.29. The molecule has 110 valence electrons. The van der Waals surface area contributed by atoms with Crippen molar-refractivity contribution in [1.29, 1.82) is 0 Å². The predicted molar refractivity (Wildman–Crippen MR) is 87.5 cm³/mol. The molecule has 0 bridgehead atoms. The monoisotopic (exact) mass is 302 g/mol. The first kappa shape index (κ1) is 18.4. The van der Waals surface area contributed by atoms with E-state index in [0.717, 1.165) is 31.6 Å². The highest BCUT2D eigenvalue weighted by Gasteiger charge is 2.16. The van der Waals surface area contributed by atoms with Gasteiger partial charge in [-0.25, -0.2) is 0 Å². The molecular formula is C14H27ClN2OSi. The third kappa shape index (κ3) is 7.57. The van der Waals surface area contributed by atoms with Crippen molar-refractivity contribution in [2.75, 3.05) is 6.54 Å². The average Bonchev–Trinajstić information content (AvgIpc) is 2.28. The van der Waals surface area contributed by atoms with Gasteiger partial charge in [0.05, 0.1) is 0 Å². The summed E-state index contributed by atoms with van der Waals surface area (Å²) in [7, 11) is -1.51. The van der Waals surface area contributed by atoms with Gasteiger partial charge in [0.25, 0.3) is 0 Å². The molecule has 1 atom stereocenters. The van der Waals surface area contributed by atoms with Crippen LogP contribution in [0.5, 0.6) is 5.75 Å². The molecule has 0 aliphatic carbocycles. The fourth-order valence-corrected chi connectivity index (χ4v) is 2.66. The summed E-state index contributed by atoms with van der Waals surface area (Å²) < 4.78 is 5.92. The second-order valence-electron chi connectivity index (χ2n) is 5.67. The molecule has 1 rings (SSSR count). The maximum absolute atomic E-state index is 6.14. The summed E-state index contributed by atoms with van der Waals surface area (Å²) in [6.07, 6.45) is 3.13. The molecule has 0 spiro atoms. The number of rotatable bonds is 7. The summed E-state index contributed by atoms with van der Waals surface area (Å²) in [4.78, 5) is 0. The van der Waals surface area contributed by atoms with Crippen molar-refractivity contribution in [3.05, 3.63) is 29.8 Å². The van der Waals surface area contributed by atoms with Crippen molar-refractivity contribution in [3.8, 4) is 5.75 Å². The van der Waals surface area contributed by atoms with Crippen LogP contribution in [0.4, 0.5) is 0 Å². The molecule has 1 aromatic rings. The van der Waals surface area contributed by atoms with Crippen LogP contribution in [-0.2, 0) is 0 Å². The zero-order valence-corrected chi connectivity index (χ0v) is 14.0. The highest BCUT2D eigenvalue weighted by molar-refractivity contribution is 6.70. The molecule has 0 unspecified atom stereocenters. The van der Waals surface area contributed by atoms with Crippen LogP contribution in [0.1, 0.15) is 30.9 Å². The van der Waals surface area contributed by atoms with Crippen LogP contribution in [0.3, 0.4) is 0 Å². The van der Waals surface area contributed by atoms with Gasteiger partial charge < -0.3 is 15.9 Å². The highest BCUT2D eigenvalue weighted by atomic mass is 35.5. The Labute approximate surface area is 124 Å². The van der Waals surface area contributed by atoms with Crippen LogP contribution in [0.2, 0.25) is 19.6 Å². The van der Waals surface area contributed by atoms with Crippen molar-refractivity contribution in [2.45, 2.75) is 44.9 Å². The molecule has 0 saturated heterocycles. The smallest absolute Gasteiger partial charge is 0.242 e. The molecule has 0 saturated carbocycles. The Morgan fingerprint density at radius 3 is 2.16 bits per heavy atom. The Hall–Kier alpha value is -0.553. The molecule has 1 aromatic carbocycles. The molecule has 3 nitrogen and oxygen atoms in total. The minimum atomic E-state index is -1.51. The first-order chi connectivity index (χ1) is 8.42. The van der Waals surface area contributed by atoms with E-state index in [1.165, 1.54) is 5.56 Å². The number of hydrogen-bond acceptors (Lipinski definition) is 3. The van der Waals surface area contributed by atoms with Crippen molar-refractivity contribution in [3.63, 3.8) is 0 Å². The Kier molecular flexibility index (Phi) is 8.33. The van der Waals surface area contributed by atoms with E-state index in [-0.39, 0.29) is 18.4 Å². The maximum atomic E-state index is 6.14. The number of unbranched alkanes of at least 4 members (excludes halogenated alkanes) is 1. The first-order valence-corrected chi connectivity index (χ1v) is 10.1. The van der Waals surface area contributed by atoms with E-state index in [4.69, 9.17) is 15.9 Å². The molecule has 0 radical (unpaired) electrons. The van der Waals surface area contributed by atoms with Gasteiger partial charge in [-0.2, -0.15) is 0 Å². The molecule has 5 heteroatoms. The van der Waals surface area contributed by atoms with Crippen LogP contribution < -0.4 is 15.9 Å². The zero-order valence-electron chi connectivity index (χ0n) is 12.2. The Balaban J connectivity index is 0.00000324. The van der Waals surface area contributed by atoms with Gasteiger partial charge in [0.1, 0.15) is 5.75 Å². The van der Waals surface area contributed by atoms with Crippen molar-refractivity contribution in [1.82, 2.24) is 0 Å². The minimum Gasteiger partial charge on any atom is -0.544 e. The minimum absolute atomic E-state index is 0. The molecule has 0 heterocycles. The van der Waals surface area contributed by atoms with Gasteiger partial charge in [0.2, 0.25) is 8.32 Å². The molecule has 0 aliphatic rings. The molecule has 4 N–H and O–H groups in total. The Bertz CT molecular complexity index is 351. The van der Waals surface area contributed by atoms with E-state index in [0.29, 0.717) is 0 Å².